The molecule has 2 heterocycles. The Morgan fingerprint density at radius 1 is 1.10 bits per heavy atom. The summed E-state index contributed by atoms with van der Waals surface area (Å²) in [4.78, 5) is 8.79. The minimum atomic E-state index is 0.634. The zero-order valence-electron chi connectivity index (χ0n) is 11.5. The lowest BCUT2D eigenvalue weighted by Gasteiger charge is -2.05. The van der Waals surface area contributed by atoms with Crippen molar-refractivity contribution < 1.29 is 0 Å². The molecule has 1 N–H and O–H groups in total. The van der Waals surface area contributed by atoms with E-state index < -0.39 is 0 Å². The van der Waals surface area contributed by atoms with E-state index in [2.05, 4.69) is 39.4 Å². The largest absolute Gasteiger partial charge is 0.369 e. The fourth-order valence-corrected chi connectivity index (χ4v) is 2.09. The number of hydrogen-bond acceptors (Lipinski definition) is 4. The third-order valence-electron chi connectivity index (χ3n) is 3.12. The molecule has 0 unspecified atom stereocenters. The first kappa shape index (κ1) is 12.6. The van der Waals surface area contributed by atoms with E-state index in [0.29, 0.717) is 6.54 Å². The van der Waals surface area contributed by atoms with Gasteiger partial charge in [-0.3, -0.25) is 9.67 Å². The normalized spacial score (nSPS) is 10.8. The van der Waals surface area contributed by atoms with Crippen LogP contribution in [0.3, 0.4) is 0 Å². The summed E-state index contributed by atoms with van der Waals surface area (Å²) in [5.74, 6) is 0.820. The van der Waals surface area contributed by atoms with Crippen LogP contribution in [0.2, 0.25) is 0 Å². The SMILES string of the molecule is CCCNc1cnc(Cn2ncc3ccccc32)cn1. The summed E-state index contributed by atoms with van der Waals surface area (Å²) in [5.41, 5.74) is 2.02. The highest BCUT2D eigenvalue weighted by Gasteiger charge is 2.04. The third-order valence-corrected chi connectivity index (χ3v) is 3.12. The van der Waals surface area contributed by atoms with Gasteiger partial charge in [-0.15, -0.1) is 0 Å². The number of anilines is 1. The summed E-state index contributed by atoms with van der Waals surface area (Å²) in [5, 5.41) is 8.75. The zero-order valence-corrected chi connectivity index (χ0v) is 11.5. The molecule has 0 aliphatic carbocycles. The van der Waals surface area contributed by atoms with Gasteiger partial charge in [0.15, 0.2) is 0 Å². The first-order valence-electron chi connectivity index (χ1n) is 6.82. The Hall–Kier alpha value is -2.43. The Balaban J connectivity index is 1.77. The second-order valence-corrected chi connectivity index (χ2v) is 4.68. The molecule has 0 bridgehead atoms. The monoisotopic (exact) mass is 267 g/mol. The van der Waals surface area contributed by atoms with Crippen molar-refractivity contribution in [2.24, 2.45) is 0 Å². The number of aromatic nitrogens is 4. The molecule has 1 aromatic carbocycles. The summed E-state index contributed by atoms with van der Waals surface area (Å²) >= 11 is 0. The highest BCUT2D eigenvalue weighted by molar-refractivity contribution is 5.78. The molecule has 3 aromatic rings. The maximum atomic E-state index is 4.43. The van der Waals surface area contributed by atoms with Gasteiger partial charge >= 0.3 is 0 Å². The molecular formula is C15H17N5. The second kappa shape index (κ2) is 5.69. The predicted octanol–water partition coefficient (Wildman–Crippen LogP) is 2.70. The van der Waals surface area contributed by atoms with Crippen LogP contribution >= 0.6 is 0 Å². The molecule has 2 aromatic heterocycles. The Morgan fingerprint density at radius 3 is 2.80 bits per heavy atom. The summed E-state index contributed by atoms with van der Waals surface area (Å²) in [6, 6.07) is 8.15. The number of hydrogen-bond donors (Lipinski definition) is 1. The fourth-order valence-electron chi connectivity index (χ4n) is 2.09. The Morgan fingerprint density at radius 2 is 2.00 bits per heavy atom. The van der Waals surface area contributed by atoms with Gasteiger partial charge in [-0.25, -0.2) is 4.98 Å². The van der Waals surface area contributed by atoms with Crippen molar-refractivity contribution in [3.05, 3.63) is 48.5 Å². The van der Waals surface area contributed by atoms with Crippen molar-refractivity contribution >= 4 is 16.7 Å². The molecule has 102 valence electrons. The molecule has 0 aliphatic heterocycles. The molecule has 0 atom stereocenters. The lowest BCUT2D eigenvalue weighted by molar-refractivity contribution is 0.693. The number of benzene rings is 1. The second-order valence-electron chi connectivity index (χ2n) is 4.68. The molecule has 0 saturated heterocycles. The average molecular weight is 267 g/mol. The molecule has 0 spiro atoms. The lowest BCUT2D eigenvalue weighted by Crippen LogP contribution is -2.06. The first-order chi connectivity index (χ1) is 9.86. The van der Waals surface area contributed by atoms with E-state index in [1.54, 1.807) is 12.4 Å². The third kappa shape index (κ3) is 2.61. The maximum Gasteiger partial charge on any atom is 0.144 e. The summed E-state index contributed by atoms with van der Waals surface area (Å²) in [6.07, 6.45) is 6.52. The van der Waals surface area contributed by atoms with Crippen LogP contribution < -0.4 is 5.32 Å². The summed E-state index contributed by atoms with van der Waals surface area (Å²) < 4.78 is 1.94. The lowest BCUT2D eigenvalue weighted by atomic mass is 10.2. The van der Waals surface area contributed by atoms with Crippen LogP contribution in [0.5, 0.6) is 0 Å². The van der Waals surface area contributed by atoms with Gasteiger partial charge in [-0.2, -0.15) is 5.10 Å². The van der Waals surface area contributed by atoms with E-state index >= 15 is 0 Å². The molecule has 3 rings (SSSR count). The van der Waals surface area contributed by atoms with E-state index in [0.717, 1.165) is 35.4 Å². The fraction of sp³-hybridized carbons (Fsp3) is 0.267. The number of nitrogens with zero attached hydrogens (tertiary/aromatic N) is 4. The highest BCUT2D eigenvalue weighted by atomic mass is 15.3. The predicted molar refractivity (Wildman–Crippen MR) is 79.6 cm³/mol. The number of para-hydroxylation sites is 1. The standard InChI is InChI=1S/C15H17N5/c1-2-7-16-15-10-17-13(9-18-15)11-20-14-6-4-3-5-12(14)8-19-20/h3-6,8-10H,2,7,11H2,1H3,(H,16,18). The van der Waals surface area contributed by atoms with E-state index in [9.17, 15) is 0 Å². The quantitative estimate of drug-likeness (QED) is 0.772. The van der Waals surface area contributed by atoms with Gasteiger partial charge in [0.2, 0.25) is 0 Å². The number of rotatable bonds is 5. The van der Waals surface area contributed by atoms with Crippen molar-refractivity contribution in [1.82, 2.24) is 19.7 Å². The molecule has 5 nitrogen and oxygen atoms in total. The maximum absolute atomic E-state index is 4.43. The summed E-state index contributed by atoms with van der Waals surface area (Å²) in [7, 11) is 0. The van der Waals surface area contributed by atoms with Gasteiger partial charge in [0, 0.05) is 11.9 Å². The highest BCUT2D eigenvalue weighted by Crippen LogP contribution is 2.13. The molecule has 20 heavy (non-hydrogen) atoms. The Bertz CT molecular complexity index is 687. The first-order valence-corrected chi connectivity index (χ1v) is 6.82. The van der Waals surface area contributed by atoms with Crippen LogP contribution in [-0.2, 0) is 6.54 Å². The van der Waals surface area contributed by atoms with Crippen molar-refractivity contribution in [3.63, 3.8) is 0 Å². The number of nitrogens with one attached hydrogen (secondary N) is 1. The molecular weight excluding hydrogens is 250 g/mol. The van der Waals surface area contributed by atoms with Crippen LogP contribution in [0.1, 0.15) is 19.0 Å². The topological polar surface area (TPSA) is 55.6 Å². The van der Waals surface area contributed by atoms with Gasteiger partial charge in [-0.05, 0) is 12.5 Å². The van der Waals surface area contributed by atoms with Gasteiger partial charge in [0.05, 0.1) is 36.3 Å². The Kier molecular flexibility index (Phi) is 3.58. The molecule has 0 aliphatic rings. The van der Waals surface area contributed by atoms with Gasteiger partial charge < -0.3 is 5.32 Å². The number of fused-ring (bicyclic) bond motifs is 1. The van der Waals surface area contributed by atoms with Crippen molar-refractivity contribution in [3.8, 4) is 0 Å². The molecule has 5 heteroatoms. The molecule has 0 saturated carbocycles. The van der Waals surface area contributed by atoms with Crippen molar-refractivity contribution in [1.29, 1.82) is 0 Å². The molecule has 0 fully saturated rings. The van der Waals surface area contributed by atoms with Crippen LogP contribution in [0.15, 0.2) is 42.9 Å². The van der Waals surface area contributed by atoms with Crippen molar-refractivity contribution in [2.75, 3.05) is 11.9 Å². The van der Waals surface area contributed by atoms with Crippen LogP contribution in [-0.4, -0.2) is 26.3 Å². The molecule has 0 radical (unpaired) electrons. The summed E-state index contributed by atoms with van der Waals surface area (Å²) in [6.45, 7) is 3.67. The Labute approximate surface area is 117 Å². The van der Waals surface area contributed by atoms with Crippen molar-refractivity contribution in [2.45, 2.75) is 19.9 Å². The van der Waals surface area contributed by atoms with Gasteiger partial charge in [-0.1, -0.05) is 25.1 Å². The molecule has 0 amide bonds. The zero-order chi connectivity index (χ0) is 13.8. The van der Waals surface area contributed by atoms with Crippen LogP contribution in [0.25, 0.3) is 10.9 Å². The average Bonchev–Trinajstić information content (AvgIpc) is 2.90. The van der Waals surface area contributed by atoms with Crippen LogP contribution in [0.4, 0.5) is 5.82 Å². The minimum absolute atomic E-state index is 0.634. The van der Waals surface area contributed by atoms with E-state index in [4.69, 9.17) is 0 Å². The van der Waals surface area contributed by atoms with Gasteiger partial charge in [0.1, 0.15) is 5.82 Å². The minimum Gasteiger partial charge on any atom is -0.369 e. The van der Waals surface area contributed by atoms with Crippen LogP contribution in [0, 0.1) is 0 Å². The van der Waals surface area contributed by atoms with E-state index in [1.807, 2.05) is 23.0 Å². The van der Waals surface area contributed by atoms with E-state index in [1.165, 1.54) is 0 Å². The smallest absolute Gasteiger partial charge is 0.144 e. The van der Waals surface area contributed by atoms with Gasteiger partial charge in [0.25, 0.3) is 0 Å². The van der Waals surface area contributed by atoms with E-state index in [-0.39, 0.29) is 0 Å².